The molecule has 0 N–H and O–H groups in total. The Bertz CT molecular complexity index is 725. The first kappa shape index (κ1) is 20.2. The van der Waals surface area contributed by atoms with E-state index >= 15 is 0 Å². The third-order valence-electron chi connectivity index (χ3n) is 4.95. The van der Waals surface area contributed by atoms with Crippen LogP contribution in [0, 0.1) is 0 Å². The number of methoxy groups -OCH3 is 1. The Labute approximate surface area is 170 Å². The predicted octanol–water partition coefficient (Wildman–Crippen LogP) is 4.84. The van der Waals surface area contributed by atoms with Gasteiger partial charge in [0.2, 0.25) is 0 Å². The van der Waals surface area contributed by atoms with Gasteiger partial charge in [-0.3, -0.25) is 0 Å². The molecule has 0 bridgehead atoms. The van der Waals surface area contributed by atoms with E-state index in [1.807, 2.05) is 0 Å². The molecule has 4 heteroatoms. The van der Waals surface area contributed by atoms with Gasteiger partial charge in [0.15, 0.2) is 0 Å². The molecule has 0 spiro atoms. The minimum atomic E-state index is -2.80. The van der Waals surface area contributed by atoms with Crippen LogP contribution in [0.25, 0.3) is 0 Å². The van der Waals surface area contributed by atoms with Crippen LogP contribution in [-0.4, -0.2) is 26.7 Å². The molecule has 3 aromatic carbocycles. The van der Waals surface area contributed by atoms with E-state index in [1.54, 1.807) is 7.11 Å². The Morgan fingerprint density at radius 3 is 1.48 bits per heavy atom. The second-order valence-corrected chi connectivity index (χ2v) is 15.6. The number of ether oxygens (including phenoxy) is 2. The van der Waals surface area contributed by atoms with Gasteiger partial charge in [-0.25, -0.2) is 0 Å². The van der Waals surface area contributed by atoms with E-state index < -0.39 is 5.31 Å². The summed E-state index contributed by atoms with van der Waals surface area (Å²) in [7, 11) is 1.66. The van der Waals surface area contributed by atoms with Gasteiger partial charge in [-0.1, -0.05) is 0 Å². The van der Waals surface area contributed by atoms with E-state index in [1.165, 1.54) is 15.9 Å². The average Bonchev–Trinajstić information content (AvgIpc) is 2.75. The van der Waals surface area contributed by atoms with Gasteiger partial charge in [0, 0.05) is 0 Å². The molecule has 3 aromatic rings. The molecular weight excluding hydrogens is 419 g/mol. The maximum atomic E-state index is 5.61. The first-order chi connectivity index (χ1) is 13.2. The second-order valence-electron chi connectivity index (χ2n) is 6.58. The van der Waals surface area contributed by atoms with Crippen molar-refractivity contribution < 1.29 is 9.47 Å². The van der Waals surface area contributed by atoms with Crippen molar-refractivity contribution in [3.8, 4) is 0 Å². The first-order valence-corrected chi connectivity index (χ1v) is 13.6. The molecule has 27 heavy (non-hydrogen) atoms. The topological polar surface area (TPSA) is 18.5 Å². The van der Waals surface area contributed by atoms with Crippen LogP contribution in [0.15, 0.2) is 91.0 Å². The Kier molecular flexibility index (Phi) is 6.83. The molecule has 0 aliphatic heterocycles. The van der Waals surface area contributed by atoms with Gasteiger partial charge < -0.3 is 0 Å². The molecule has 0 radical (unpaired) electrons. The zero-order chi connectivity index (χ0) is 19.0. The molecule has 0 unspecified atom stereocenters. The summed E-state index contributed by atoms with van der Waals surface area (Å²) in [6.07, 6.45) is 1.92. The molecule has 0 aliphatic rings. The van der Waals surface area contributed by atoms with E-state index in [-0.39, 0.29) is 0 Å². The molecule has 3 rings (SSSR count). The van der Waals surface area contributed by atoms with Crippen LogP contribution in [0.3, 0.4) is 0 Å². The van der Waals surface area contributed by atoms with E-state index in [2.05, 4.69) is 106 Å². The molecule has 2 nitrogen and oxygen atoms in total. The monoisotopic (exact) mass is 444 g/mol. The van der Waals surface area contributed by atoms with E-state index in [4.69, 9.17) is 9.47 Å². The third kappa shape index (κ3) is 4.02. The van der Waals surface area contributed by atoms with Crippen molar-refractivity contribution in [1.29, 1.82) is 0 Å². The molecule has 0 heterocycles. The van der Waals surface area contributed by atoms with E-state index in [0.717, 1.165) is 12.6 Å². The minimum absolute atomic E-state index is 0.334. The number of benzene rings is 3. The fourth-order valence-electron chi connectivity index (χ4n) is 3.66. The standard InChI is InChI=1S/C23H26BrO2P/c1-25-20-26-18-11-19-27(24,21-12-5-2-6-13-21,22-14-7-3-8-15-22)23-16-9-4-10-17-23/h2-10,12-17H,11,18-20H2,1H3. The quantitative estimate of drug-likeness (QED) is 0.267. The first-order valence-electron chi connectivity index (χ1n) is 9.16. The molecule has 0 fully saturated rings. The van der Waals surface area contributed by atoms with Crippen LogP contribution >= 0.6 is 20.8 Å². The maximum absolute atomic E-state index is 5.61. The Hall–Kier alpha value is -1.51. The van der Waals surface area contributed by atoms with Crippen LogP contribution in [0.2, 0.25) is 0 Å². The molecule has 142 valence electrons. The molecule has 0 saturated heterocycles. The predicted molar refractivity (Wildman–Crippen MR) is 121 cm³/mol. The Balaban J connectivity index is 2.16. The summed E-state index contributed by atoms with van der Waals surface area (Å²) in [6, 6.07) is 32.5. The van der Waals surface area contributed by atoms with Gasteiger partial charge in [-0.05, 0) is 0 Å². The van der Waals surface area contributed by atoms with Crippen LogP contribution in [-0.2, 0) is 9.47 Å². The van der Waals surface area contributed by atoms with Gasteiger partial charge in [0.25, 0.3) is 0 Å². The molecule has 0 aromatic heterocycles. The van der Waals surface area contributed by atoms with Crippen molar-refractivity contribution in [3.63, 3.8) is 0 Å². The van der Waals surface area contributed by atoms with Crippen LogP contribution in [0.1, 0.15) is 6.42 Å². The van der Waals surface area contributed by atoms with E-state index in [0.29, 0.717) is 13.4 Å². The zero-order valence-electron chi connectivity index (χ0n) is 15.6. The molecule has 0 amide bonds. The summed E-state index contributed by atoms with van der Waals surface area (Å²) in [5.74, 6) is 0. The van der Waals surface area contributed by atoms with Gasteiger partial charge in [-0.2, -0.15) is 0 Å². The van der Waals surface area contributed by atoms with Crippen molar-refractivity contribution in [2.24, 2.45) is 0 Å². The summed E-state index contributed by atoms with van der Waals surface area (Å²) in [5, 5.41) is 1.22. The van der Waals surface area contributed by atoms with Crippen molar-refractivity contribution in [3.05, 3.63) is 91.0 Å². The van der Waals surface area contributed by atoms with Crippen molar-refractivity contribution >= 4 is 36.7 Å². The third-order valence-corrected chi connectivity index (χ3v) is 15.0. The van der Waals surface area contributed by atoms with Gasteiger partial charge in [-0.15, -0.1) is 0 Å². The molecule has 0 atom stereocenters. The van der Waals surface area contributed by atoms with Crippen molar-refractivity contribution in [1.82, 2.24) is 0 Å². The number of hydrogen-bond donors (Lipinski definition) is 0. The molecule has 0 saturated carbocycles. The fraction of sp³-hybridized carbons (Fsp3) is 0.217. The molecule has 0 aliphatic carbocycles. The number of halogens is 1. The van der Waals surface area contributed by atoms with Crippen LogP contribution in [0.4, 0.5) is 0 Å². The zero-order valence-corrected chi connectivity index (χ0v) is 18.1. The van der Waals surface area contributed by atoms with Crippen molar-refractivity contribution in [2.75, 3.05) is 26.7 Å². The van der Waals surface area contributed by atoms with Crippen molar-refractivity contribution in [2.45, 2.75) is 6.42 Å². The molecular formula is C23H26BrO2P. The summed E-state index contributed by atoms with van der Waals surface area (Å²) in [6.45, 7) is 1.00. The number of hydrogen-bond acceptors (Lipinski definition) is 2. The summed E-state index contributed by atoms with van der Waals surface area (Å²) >= 11 is 4.43. The summed E-state index contributed by atoms with van der Waals surface area (Å²) in [4.78, 5) is 0. The number of rotatable bonds is 9. The van der Waals surface area contributed by atoms with Gasteiger partial charge in [0.1, 0.15) is 0 Å². The van der Waals surface area contributed by atoms with Crippen LogP contribution in [0.5, 0.6) is 0 Å². The Morgan fingerprint density at radius 2 is 1.11 bits per heavy atom. The second kappa shape index (κ2) is 9.12. The Morgan fingerprint density at radius 1 is 0.704 bits per heavy atom. The summed E-state index contributed by atoms with van der Waals surface area (Å²) < 4.78 is 10.6. The fourth-order valence-corrected chi connectivity index (χ4v) is 11.3. The summed E-state index contributed by atoms with van der Waals surface area (Å²) in [5.41, 5.74) is 0. The van der Waals surface area contributed by atoms with Gasteiger partial charge >= 0.3 is 170 Å². The normalized spacial score (nSPS) is 13.0. The van der Waals surface area contributed by atoms with E-state index in [9.17, 15) is 0 Å². The van der Waals surface area contributed by atoms with Gasteiger partial charge in [0.05, 0.1) is 0 Å². The van der Waals surface area contributed by atoms with Crippen LogP contribution < -0.4 is 15.9 Å². The SMILES string of the molecule is COCOCCCP(Br)(c1ccccc1)(c1ccccc1)c1ccccc1. The average molecular weight is 445 g/mol.